The van der Waals surface area contributed by atoms with Crippen molar-refractivity contribution in [3.05, 3.63) is 35.0 Å². The van der Waals surface area contributed by atoms with E-state index in [9.17, 15) is 10.1 Å². The number of nitrogens with one attached hydrogen (secondary N) is 1. The second-order valence-corrected chi connectivity index (χ2v) is 8.80. The van der Waals surface area contributed by atoms with Crippen molar-refractivity contribution < 1.29 is 4.79 Å². The SMILES string of the molecule is CC1CCc2[nH]c3c(C(=O)N4CCN(C(C#N)C(C)C)CC4)cccc3c2C1. The number of aromatic amines is 1. The molecule has 28 heavy (non-hydrogen) atoms. The fourth-order valence-electron chi connectivity index (χ4n) is 4.82. The first-order valence-electron chi connectivity index (χ1n) is 10.5. The first-order valence-corrected chi connectivity index (χ1v) is 10.5. The van der Waals surface area contributed by atoms with Crippen LogP contribution in [0.2, 0.25) is 0 Å². The molecule has 2 aliphatic rings. The quantitative estimate of drug-likeness (QED) is 0.888. The van der Waals surface area contributed by atoms with E-state index in [1.54, 1.807) is 0 Å². The summed E-state index contributed by atoms with van der Waals surface area (Å²) >= 11 is 0. The zero-order valence-electron chi connectivity index (χ0n) is 17.2. The van der Waals surface area contributed by atoms with Gasteiger partial charge in [-0.2, -0.15) is 5.26 Å². The molecule has 5 heteroatoms. The summed E-state index contributed by atoms with van der Waals surface area (Å²) in [6.45, 7) is 9.35. The monoisotopic (exact) mass is 378 g/mol. The number of amides is 1. The van der Waals surface area contributed by atoms with E-state index in [1.165, 1.54) is 23.1 Å². The number of nitriles is 1. The normalized spacial score (nSPS) is 21.5. The summed E-state index contributed by atoms with van der Waals surface area (Å²) in [4.78, 5) is 21.0. The number of piperazine rings is 1. The Balaban J connectivity index is 1.55. The van der Waals surface area contributed by atoms with Gasteiger partial charge in [0.2, 0.25) is 0 Å². The number of fused-ring (bicyclic) bond motifs is 3. The number of aryl methyl sites for hydroxylation is 1. The molecule has 1 aromatic carbocycles. The molecule has 2 unspecified atom stereocenters. The Morgan fingerprint density at radius 3 is 2.68 bits per heavy atom. The van der Waals surface area contributed by atoms with Crippen LogP contribution in [0.1, 0.15) is 48.8 Å². The molecule has 1 N–H and O–H groups in total. The van der Waals surface area contributed by atoms with Crippen LogP contribution in [0.25, 0.3) is 10.9 Å². The van der Waals surface area contributed by atoms with Crippen LogP contribution in [0.5, 0.6) is 0 Å². The summed E-state index contributed by atoms with van der Waals surface area (Å²) in [5.74, 6) is 1.11. The second kappa shape index (κ2) is 7.60. The number of carbonyl (C=O) groups is 1. The second-order valence-electron chi connectivity index (χ2n) is 8.80. The molecule has 0 radical (unpaired) electrons. The molecule has 1 amide bonds. The van der Waals surface area contributed by atoms with E-state index in [0.29, 0.717) is 24.9 Å². The fourth-order valence-corrected chi connectivity index (χ4v) is 4.82. The van der Waals surface area contributed by atoms with Crippen LogP contribution in [0.3, 0.4) is 0 Å². The predicted molar refractivity (Wildman–Crippen MR) is 111 cm³/mol. The molecule has 4 rings (SSSR count). The van der Waals surface area contributed by atoms with Crippen LogP contribution >= 0.6 is 0 Å². The third-order valence-corrected chi connectivity index (χ3v) is 6.46. The van der Waals surface area contributed by atoms with Crippen molar-refractivity contribution in [2.45, 2.75) is 46.1 Å². The molecule has 148 valence electrons. The lowest BCUT2D eigenvalue weighted by Crippen LogP contribution is -2.52. The summed E-state index contributed by atoms with van der Waals surface area (Å²) < 4.78 is 0. The highest BCUT2D eigenvalue weighted by Crippen LogP contribution is 2.33. The van der Waals surface area contributed by atoms with Gasteiger partial charge in [-0.25, -0.2) is 0 Å². The van der Waals surface area contributed by atoms with Crippen molar-refractivity contribution >= 4 is 16.8 Å². The van der Waals surface area contributed by atoms with Gasteiger partial charge in [-0.15, -0.1) is 0 Å². The molecule has 0 saturated carbocycles. The van der Waals surface area contributed by atoms with Crippen LogP contribution in [0.15, 0.2) is 18.2 Å². The minimum Gasteiger partial charge on any atom is -0.358 e. The Bertz CT molecular complexity index is 915. The molecule has 5 nitrogen and oxygen atoms in total. The highest BCUT2D eigenvalue weighted by atomic mass is 16.2. The van der Waals surface area contributed by atoms with E-state index in [2.05, 4.69) is 42.8 Å². The predicted octanol–water partition coefficient (Wildman–Crippen LogP) is 3.60. The Labute approximate surface area is 167 Å². The van der Waals surface area contributed by atoms with Crippen LogP contribution in [-0.2, 0) is 12.8 Å². The average Bonchev–Trinajstić information content (AvgIpc) is 3.06. The lowest BCUT2D eigenvalue weighted by atomic mass is 9.87. The van der Waals surface area contributed by atoms with E-state index < -0.39 is 0 Å². The molecule has 1 fully saturated rings. The molecule has 0 spiro atoms. The zero-order chi connectivity index (χ0) is 19.8. The number of hydrogen-bond donors (Lipinski definition) is 1. The molecule has 2 aromatic rings. The molecule has 2 heterocycles. The Morgan fingerprint density at radius 1 is 1.25 bits per heavy atom. The maximum atomic E-state index is 13.3. The molecule has 2 atom stereocenters. The van der Waals surface area contributed by atoms with E-state index in [0.717, 1.165) is 37.0 Å². The summed E-state index contributed by atoms with van der Waals surface area (Å²) in [7, 11) is 0. The van der Waals surface area contributed by atoms with Gasteiger partial charge in [0.15, 0.2) is 0 Å². The molecule has 1 aliphatic heterocycles. The van der Waals surface area contributed by atoms with Gasteiger partial charge >= 0.3 is 0 Å². The number of hydrogen-bond acceptors (Lipinski definition) is 3. The Morgan fingerprint density at radius 2 is 2.00 bits per heavy atom. The third-order valence-electron chi connectivity index (χ3n) is 6.46. The van der Waals surface area contributed by atoms with Crippen LogP contribution in [-0.4, -0.2) is 52.9 Å². The van der Waals surface area contributed by atoms with Gasteiger partial charge in [0.25, 0.3) is 5.91 Å². The van der Waals surface area contributed by atoms with Gasteiger partial charge < -0.3 is 9.88 Å². The lowest BCUT2D eigenvalue weighted by molar-refractivity contribution is 0.0578. The largest absolute Gasteiger partial charge is 0.358 e. The fraction of sp³-hybridized carbons (Fsp3) is 0.565. The molecule has 1 aromatic heterocycles. The zero-order valence-corrected chi connectivity index (χ0v) is 17.2. The molecule has 0 bridgehead atoms. The minimum absolute atomic E-state index is 0.0715. The summed E-state index contributed by atoms with van der Waals surface area (Å²) in [6.07, 6.45) is 3.37. The summed E-state index contributed by atoms with van der Waals surface area (Å²) in [5.41, 5.74) is 4.51. The number of H-pyrrole nitrogens is 1. The molecular weight excluding hydrogens is 348 g/mol. The first-order chi connectivity index (χ1) is 13.5. The van der Waals surface area contributed by atoms with E-state index >= 15 is 0 Å². The number of aromatic nitrogens is 1. The van der Waals surface area contributed by atoms with Gasteiger partial charge in [0.05, 0.1) is 17.1 Å². The van der Waals surface area contributed by atoms with Crippen molar-refractivity contribution in [1.29, 1.82) is 5.26 Å². The van der Waals surface area contributed by atoms with Gasteiger partial charge in [-0.05, 0) is 42.7 Å². The first kappa shape index (κ1) is 19.0. The van der Waals surface area contributed by atoms with E-state index in [-0.39, 0.29) is 11.9 Å². The van der Waals surface area contributed by atoms with Gasteiger partial charge in [-0.3, -0.25) is 9.69 Å². The minimum atomic E-state index is -0.0715. The van der Waals surface area contributed by atoms with Crippen molar-refractivity contribution in [1.82, 2.24) is 14.8 Å². The van der Waals surface area contributed by atoms with E-state index in [1.807, 2.05) is 17.0 Å². The van der Waals surface area contributed by atoms with Crippen molar-refractivity contribution in [3.8, 4) is 6.07 Å². The van der Waals surface area contributed by atoms with Crippen molar-refractivity contribution in [2.75, 3.05) is 26.2 Å². The maximum absolute atomic E-state index is 13.3. The molecule has 1 aliphatic carbocycles. The number of nitrogens with zero attached hydrogens (tertiary/aromatic N) is 3. The van der Waals surface area contributed by atoms with Gasteiger partial charge in [-0.1, -0.05) is 32.9 Å². The van der Waals surface area contributed by atoms with Crippen LogP contribution < -0.4 is 0 Å². The topological polar surface area (TPSA) is 63.1 Å². The lowest BCUT2D eigenvalue weighted by Gasteiger charge is -2.38. The Hall–Kier alpha value is -2.32. The number of carbonyl (C=O) groups excluding carboxylic acids is 1. The number of rotatable bonds is 3. The third kappa shape index (κ3) is 3.31. The number of para-hydroxylation sites is 1. The maximum Gasteiger partial charge on any atom is 0.256 e. The standard InChI is InChI=1S/C23H30N4O/c1-15(2)21(14-24)26-9-11-27(12-10-26)23(28)18-6-4-5-17-19-13-16(3)7-8-20(19)25-22(17)18/h4-6,15-16,21,25H,7-13H2,1-3H3. The Kier molecular flexibility index (Phi) is 5.16. The summed E-state index contributed by atoms with van der Waals surface area (Å²) in [6, 6.07) is 8.47. The van der Waals surface area contributed by atoms with E-state index in [4.69, 9.17) is 0 Å². The van der Waals surface area contributed by atoms with Crippen molar-refractivity contribution in [2.24, 2.45) is 11.8 Å². The van der Waals surface area contributed by atoms with Gasteiger partial charge in [0.1, 0.15) is 6.04 Å². The highest BCUT2D eigenvalue weighted by Gasteiger charge is 2.29. The van der Waals surface area contributed by atoms with Crippen LogP contribution in [0.4, 0.5) is 0 Å². The van der Waals surface area contributed by atoms with Gasteiger partial charge in [0, 0.05) is 37.3 Å². The highest BCUT2D eigenvalue weighted by molar-refractivity contribution is 6.06. The summed E-state index contributed by atoms with van der Waals surface area (Å²) in [5, 5.41) is 10.7. The molecule has 1 saturated heterocycles. The average molecular weight is 379 g/mol. The number of benzene rings is 1. The van der Waals surface area contributed by atoms with Crippen molar-refractivity contribution in [3.63, 3.8) is 0 Å². The smallest absolute Gasteiger partial charge is 0.256 e. The van der Waals surface area contributed by atoms with Crippen LogP contribution in [0, 0.1) is 23.2 Å². The molecular formula is C23H30N4O.